The molecule has 2 aromatic carbocycles. The van der Waals surface area contributed by atoms with Crippen LogP contribution in [0.15, 0.2) is 48.7 Å². The lowest BCUT2D eigenvalue weighted by Gasteiger charge is -2.09. The Balaban J connectivity index is 1.93. The van der Waals surface area contributed by atoms with Crippen LogP contribution in [0.2, 0.25) is 0 Å². The maximum absolute atomic E-state index is 11.2. The Morgan fingerprint density at radius 3 is 2.61 bits per heavy atom. The smallest absolute Gasteiger partial charge is 0.335 e. The number of fused-ring (bicyclic) bond motifs is 1. The molecular weight excluding hydrogens is 294 g/mol. The van der Waals surface area contributed by atoms with Crippen LogP contribution in [0.5, 0.6) is 11.5 Å². The summed E-state index contributed by atoms with van der Waals surface area (Å²) in [7, 11) is 3.52. The maximum Gasteiger partial charge on any atom is 0.335 e. The Labute approximate surface area is 133 Å². The minimum atomic E-state index is -0.938. The van der Waals surface area contributed by atoms with Crippen molar-refractivity contribution in [1.82, 2.24) is 4.57 Å². The van der Waals surface area contributed by atoms with Crippen molar-refractivity contribution in [3.8, 4) is 11.5 Å². The van der Waals surface area contributed by atoms with Crippen LogP contribution in [0.25, 0.3) is 10.9 Å². The Bertz CT molecular complexity index is 867. The van der Waals surface area contributed by atoms with Crippen LogP contribution in [-0.4, -0.2) is 22.8 Å². The van der Waals surface area contributed by atoms with Gasteiger partial charge < -0.3 is 19.1 Å². The van der Waals surface area contributed by atoms with Crippen LogP contribution in [0.4, 0.5) is 0 Å². The van der Waals surface area contributed by atoms with Gasteiger partial charge in [0.15, 0.2) is 11.5 Å². The molecule has 0 aliphatic heterocycles. The van der Waals surface area contributed by atoms with Gasteiger partial charge in [-0.05, 0) is 30.3 Å². The molecule has 0 radical (unpaired) electrons. The molecule has 0 saturated carbocycles. The van der Waals surface area contributed by atoms with Crippen molar-refractivity contribution in [2.75, 3.05) is 7.11 Å². The van der Waals surface area contributed by atoms with E-state index >= 15 is 0 Å². The predicted octanol–water partition coefficient (Wildman–Crippen LogP) is 3.46. The lowest BCUT2D eigenvalue weighted by atomic mass is 10.1. The highest BCUT2D eigenvalue weighted by Gasteiger charge is 2.12. The lowest BCUT2D eigenvalue weighted by molar-refractivity contribution is 0.0697. The van der Waals surface area contributed by atoms with Crippen LogP contribution in [0.1, 0.15) is 15.9 Å². The topological polar surface area (TPSA) is 60.7 Å². The van der Waals surface area contributed by atoms with Gasteiger partial charge in [-0.3, -0.25) is 0 Å². The summed E-state index contributed by atoms with van der Waals surface area (Å²) >= 11 is 0. The quantitative estimate of drug-likeness (QED) is 0.784. The average Bonchev–Trinajstić information content (AvgIpc) is 2.88. The first kappa shape index (κ1) is 15.0. The van der Waals surface area contributed by atoms with Crippen molar-refractivity contribution >= 4 is 16.9 Å². The van der Waals surface area contributed by atoms with Crippen molar-refractivity contribution in [3.05, 3.63) is 59.8 Å². The van der Waals surface area contributed by atoms with Gasteiger partial charge in [0.05, 0.1) is 12.7 Å². The summed E-state index contributed by atoms with van der Waals surface area (Å²) in [5.41, 5.74) is 2.16. The molecule has 1 aromatic heterocycles. The molecule has 0 bridgehead atoms. The van der Waals surface area contributed by atoms with Crippen LogP contribution >= 0.6 is 0 Å². The van der Waals surface area contributed by atoms with Crippen molar-refractivity contribution in [2.24, 2.45) is 7.05 Å². The van der Waals surface area contributed by atoms with Gasteiger partial charge in [0.25, 0.3) is 0 Å². The Kier molecular flexibility index (Phi) is 3.93. The molecule has 5 heteroatoms. The maximum atomic E-state index is 11.2. The van der Waals surface area contributed by atoms with Crippen LogP contribution in [0, 0.1) is 0 Å². The van der Waals surface area contributed by atoms with E-state index < -0.39 is 5.97 Å². The van der Waals surface area contributed by atoms with Crippen LogP contribution in [-0.2, 0) is 13.7 Å². The molecule has 0 aliphatic rings. The summed E-state index contributed by atoms with van der Waals surface area (Å²) in [5, 5.41) is 10.0. The van der Waals surface area contributed by atoms with Crippen molar-refractivity contribution in [3.63, 3.8) is 0 Å². The van der Waals surface area contributed by atoms with Gasteiger partial charge in [-0.2, -0.15) is 0 Å². The van der Waals surface area contributed by atoms with Crippen molar-refractivity contribution in [2.45, 2.75) is 6.61 Å². The first-order valence-corrected chi connectivity index (χ1v) is 7.17. The molecule has 3 aromatic rings. The van der Waals surface area contributed by atoms with Gasteiger partial charge >= 0.3 is 5.97 Å². The van der Waals surface area contributed by atoms with Gasteiger partial charge in [0.1, 0.15) is 6.61 Å². The molecule has 1 N–H and O–H groups in total. The second-order valence-corrected chi connectivity index (χ2v) is 5.24. The highest BCUT2D eigenvalue weighted by molar-refractivity contribution is 5.94. The number of hydrogen-bond acceptors (Lipinski definition) is 3. The molecule has 0 fully saturated rings. The number of aromatic carboxylic acids is 1. The zero-order valence-corrected chi connectivity index (χ0v) is 12.9. The first-order chi connectivity index (χ1) is 11.1. The molecule has 118 valence electrons. The predicted molar refractivity (Wildman–Crippen MR) is 87.2 cm³/mol. The number of carboxylic acids is 1. The fourth-order valence-corrected chi connectivity index (χ4v) is 2.62. The zero-order chi connectivity index (χ0) is 16.4. The van der Waals surface area contributed by atoms with E-state index in [2.05, 4.69) is 0 Å². The normalized spacial score (nSPS) is 10.7. The highest BCUT2D eigenvalue weighted by Crippen LogP contribution is 2.28. The highest BCUT2D eigenvalue weighted by atomic mass is 16.5. The number of aromatic nitrogens is 1. The van der Waals surface area contributed by atoms with Crippen LogP contribution in [0.3, 0.4) is 0 Å². The number of carbonyl (C=O) groups is 1. The third-order valence-electron chi connectivity index (χ3n) is 3.77. The second-order valence-electron chi connectivity index (χ2n) is 5.24. The minimum absolute atomic E-state index is 0.266. The van der Waals surface area contributed by atoms with Crippen molar-refractivity contribution in [1.29, 1.82) is 0 Å². The van der Waals surface area contributed by atoms with E-state index in [0.717, 1.165) is 16.5 Å². The summed E-state index contributed by atoms with van der Waals surface area (Å²) in [6.45, 7) is 0.334. The molecule has 23 heavy (non-hydrogen) atoms. The number of aryl methyl sites for hydroxylation is 1. The lowest BCUT2D eigenvalue weighted by Crippen LogP contribution is -1.98. The summed E-state index contributed by atoms with van der Waals surface area (Å²) in [5.74, 6) is 0.382. The monoisotopic (exact) mass is 311 g/mol. The summed E-state index contributed by atoms with van der Waals surface area (Å²) in [6.07, 6.45) is 1.95. The third-order valence-corrected chi connectivity index (χ3v) is 3.77. The summed E-state index contributed by atoms with van der Waals surface area (Å²) < 4.78 is 13.1. The number of hydrogen-bond donors (Lipinski definition) is 1. The molecule has 0 aliphatic carbocycles. The van der Waals surface area contributed by atoms with Gasteiger partial charge in [-0.15, -0.1) is 0 Å². The Hall–Kier alpha value is -2.95. The van der Waals surface area contributed by atoms with E-state index in [1.54, 1.807) is 19.2 Å². The fraction of sp³-hybridized carbons (Fsp3) is 0.167. The number of para-hydroxylation sites is 2. The SMILES string of the molecule is COc1ccccc1OCc1cn(C)c2ccc(C(=O)O)cc12. The number of nitrogens with zero attached hydrogens (tertiary/aromatic N) is 1. The molecule has 0 saturated heterocycles. The summed E-state index contributed by atoms with van der Waals surface area (Å²) in [4.78, 5) is 11.2. The third kappa shape index (κ3) is 2.85. The van der Waals surface area contributed by atoms with Crippen molar-refractivity contribution < 1.29 is 19.4 Å². The molecule has 3 rings (SSSR count). The molecule has 0 atom stereocenters. The van der Waals surface area contributed by atoms with Crippen LogP contribution < -0.4 is 9.47 Å². The van der Waals surface area contributed by atoms with E-state index in [1.807, 2.05) is 48.1 Å². The molecular formula is C18H17NO4. The zero-order valence-electron chi connectivity index (χ0n) is 12.9. The minimum Gasteiger partial charge on any atom is -0.493 e. The molecule has 1 heterocycles. The standard InChI is InChI=1S/C18H17NO4/c1-19-10-13(11-23-17-6-4-3-5-16(17)22-2)14-9-12(18(20)21)7-8-15(14)19/h3-10H,11H2,1-2H3,(H,20,21). The first-order valence-electron chi connectivity index (χ1n) is 7.17. The second kappa shape index (κ2) is 6.04. The van der Waals surface area contributed by atoms with Gasteiger partial charge in [0, 0.05) is 29.7 Å². The molecule has 0 amide bonds. The number of methoxy groups -OCH3 is 1. The summed E-state index contributed by atoms with van der Waals surface area (Å²) in [6, 6.07) is 12.5. The molecule has 0 spiro atoms. The number of rotatable bonds is 5. The van der Waals surface area contributed by atoms with E-state index in [9.17, 15) is 4.79 Å². The van der Waals surface area contributed by atoms with Gasteiger partial charge in [-0.1, -0.05) is 12.1 Å². The number of carboxylic acid groups (broad SMARTS) is 1. The van der Waals surface area contributed by atoms with E-state index in [-0.39, 0.29) is 5.56 Å². The van der Waals surface area contributed by atoms with E-state index in [1.165, 1.54) is 0 Å². The largest absolute Gasteiger partial charge is 0.493 e. The Morgan fingerprint density at radius 1 is 1.17 bits per heavy atom. The molecule has 0 unspecified atom stereocenters. The number of ether oxygens (including phenoxy) is 2. The number of benzene rings is 2. The molecule has 5 nitrogen and oxygen atoms in total. The Morgan fingerprint density at radius 2 is 1.91 bits per heavy atom. The van der Waals surface area contributed by atoms with Gasteiger partial charge in [0.2, 0.25) is 0 Å². The fourth-order valence-electron chi connectivity index (χ4n) is 2.62. The van der Waals surface area contributed by atoms with E-state index in [0.29, 0.717) is 18.1 Å². The average molecular weight is 311 g/mol. The van der Waals surface area contributed by atoms with Gasteiger partial charge in [-0.25, -0.2) is 4.79 Å². The van der Waals surface area contributed by atoms with E-state index in [4.69, 9.17) is 14.6 Å².